The molecule has 1 heteroatoms. The third-order valence-corrected chi connectivity index (χ3v) is 4.72. The van der Waals surface area contributed by atoms with Gasteiger partial charge in [-0.3, -0.25) is 0 Å². The Hall–Kier alpha value is -0.0400. The van der Waals surface area contributed by atoms with Gasteiger partial charge < -0.3 is 5.32 Å². The smallest absolute Gasteiger partial charge is 0.00179 e. The molecule has 2 aliphatic rings. The topological polar surface area (TPSA) is 12.0 Å². The highest BCUT2D eigenvalue weighted by Gasteiger charge is 2.27. The summed E-state index contributed by atoms with van der Waals surface area (Å²) in [5.74, 6) is 3.11. The molecule has 1 saturated carbocycles. The van der Waals surface area contributed by atoms with Crippen LogP contribution in [-0.2, 0) is 0 Å². The summed E-state index contributed by atoms with van der Waals surface area (Å²) in [5, 5.41) is 3.62. The van der Waals surface area contributed by atoms with Crippen molar-refractivity contribution < 1.29 is 0 Å². The molecule has 1 nitrogen and oxygen atoms in total. The van der Waals surface area contributed by atoms with Crippen LogP contribution in [0, 0.1) is 17.8 Å². The lowest BCUT2D eigenvalue weighted by atomic mass is 9.74. The second-order valence-electron chi connectivity index (χ2n) is 5.65. The summed E-state index contributed by atoms with van der Waals surface area (Å²) in [6, 6.07) is 0. The summed E-state index contributed by atoms with van der Waals surface area (Å²) in [5.41, 5.74) is 0. The summed E-state index contributed by atoms with van der Waals surface area (Å²) in [6.45, 7) is 4.93. The molecular weight excluding hydrogens is 182 g/mol. The molecule has 1 saturated heterocycles. The molecule has 1 heterocycles. The van der Waals surface area contributed by atoms with Crippen molar-refractivity contribution in [1.29, 1.82) is 0 Å². The average Bonchev–Trinajstić information content (AvgIpc) is 2.58. The first-order chi connectivity index (χ1) is 7.40. The van der Waals surface area contributed by atoms with Crippen molar-refractivity contribution in [2.24, 2.45) is 17.8 Å². The molecule has 1 aliphatic heterocycles. The van der Waals surface area contributed by atoms with Gasteiger partial charge in [-0.2, -0.15) is 0 Å². The molecule has 88 valence electrons. The Morgan fingerprint density at radius 3 is 2.47 bits per heavy atom. The van der Waals surface area contributed by atoms with E-state index >= 15 is 0 Å². The second-order valence-corrected chi connectivity index (χ2v) is 5.65. The monoisotopic (exact) mass is 209 g/mol. The molecule has 0 amide bonds. The molecule has 0 aromatic rings. The maximum Gasteiger partial charge on any atom is -0.00179 e. The molecule has 0 spiro atoms. The molecule has 2 fully saturated rings. The van der Waals surface area contributed by atoms with Crippen molar-refractivity contribution in [1.82, 2.24) is 5.32 Å². The Balaban J connectivity index is 1.78. The van der Waals surface area contributed by atoms with Crippen molar-refractivity contribution in [2.45, 2.75) is 58.3 Å². The average molecular weight is 209 g/mol. The third-order valence-electron chi connectivity index (χ3n) is 4.72. The van der Waals surface area contributed by atoms with E-state index in [0.717, 1.165) is 17.8 Å². The molecule has 1 aliphatic carbocycles. The fourth-order valence-corrected chi connectivity index (χ4v) is 3.52. The highest BCUT2D eigenvalue weighted by atomic mass is 14.9. The number of nitrogens with one attached hydrogen (secondary N) is 1. The van der Waals surface area contributed by atoms with Gasteiger partial charge in [-0.25, -0.2) is 0 Å². The van der Waals surface area contributed by atoms with Gasteiger partial charge in [0.1, 0.15) is 0 Å². The Morgan fingerprint density at radius 1 is 0.933 bits per heavy atom. The van der Waals surface area contributed by atoms with Gasteiger partial charge in [0.05, 0.1) is 0 Å². The van der Waals surface area contributed by atoms with Crippen LogP contribution in [0.1, 0.15) is 58.3 Å². The third kappa shape index (κ3) is 3.21. The van der Waals surface area contributed by atoms with E-state index in [0.29, 0.717) is 0 Å². The van der Waals surface area contributed by atoms with E-state index in [1.54, 1.807) is 0 Å². The van der Waals surface area contributed by atoms with Crippen molar-refractivity contribution in [3.63, 3.8) is 0 Å². The zero-order valence-corrected chi connectivity index (χ0v) is 10.3. The van der Waals surface area contributed by atoms with Crippen molar-refractivity contribution in [2.75, 3.05) is 13.1 Å². The van der Waals surface area contributed by atoms with Gasteiger partial charge >= 0.3 is 0 Å². The summed E-state index contributed by atoms with van der Waals surface area (Å²) in [4.78, 5) is 0. The van der Waals surface area contributed by atoms with Crippen LogP contribution in [0.4, 0.5) is 0 Å². The molecule has 1 N–H and O–H groups in total. The minimum atomic E-state index is 1.00. The quantitative estimate of drug-likeness (QED) is 0.733. The van der Waals surface area contributed by atoms with Gasteiger partial charge in [-0.15, -0.1) is 0 Å². The molecular formula is C14H27N. The summed E-state index contributed by atoms with van der Waals surface area (Å²) >= 11 is 0. The molecule has 0 radical (unpaired) electrons. The lowest BCUT2D eigenvalue weighted by Crippen LogP contribution is -2.29. The standard InChI is InChI=1S/C14H27N/c1-2-12-6-8-13(9-7-12)14-5-3-4-10-15-11-14/h12-15H,2-11H2,1H3. The molecule has 15 heavy (non-hydrogen) atoms. The largest absolute Gasteiger partial charge is 0.316 e. The predicted molar refractivity (Wildman–Crippen MR) is 65.9 cm³/mol. The van der Waals surface area contributed by atoms with Gasteiger partial charge in [-0.05, 0) is 56.5 Å². The number of hydrogen-bond acceptors (Lipinski definition) is 1. The van der Waals surface area contributed by atoms with Crippen LogP contribution in [0.3, 0.4) is 0 Å². The van der Waals surface area contributed by atoms with E-state index in [2.05, 4.69) is 12.2 Å². The Kier molecular flexibility index (Phi) is 4.49. The van der Waals surface area contributed by atoms with Crippen LogP contribution in [0.15, 0.2) is 0 Å². The summed E-state index contributed by atoms with van der Waals surface area (Å²) < 4.78 is 0. The van der Waals surface area contributed by atoms with E-state index in [-0.39, 0.29) is 0 Å². The summed E-state index contributed by atoms with van der Waals surface area (Å²) in [6.07, 6.45) is 11.8. The van der Waals surface area contributed by atoms with Gasteiger partial charge in [0, 0.05) is 0 Å². The molecule has 1 unspecified atom stereocenters. The molecule has 0 bridgehead atoms. The van der Waals surface area contributed by atoms with E-state index in [9.17, 15) is 0 Å². The lowest BCUT2D eigenvalue weighted by Gasteiger charge is -2.33. The Bertz CT molecular complexity index is 162. The van der Waals surface area contributed by atoms with Crippen LogP contribution < -0.4 is 5.32 Å². The first kappa shape index (κ1) is 11.4. The molecule has 2 rings (SSSR count). The van der Waals surface area contributed by atoms with E-state index in [1.807, 2.05) is 0 Å². The van der Waals surface area contributed by atoms with Crippen molar-refractivity contribution in [3.05, 3.63) is 0 Å². The maximum atomic E-state index is 3.62. The normalized spacial score (nSPS) is 38.6. The minimum Gasteiger partial charge on any atom is -0.316 e. The second kappa shape index (κ2) is 5.89. The minimum absolute atomic E-state index is 1.00. The van der Waals surface area contributed by atoms with Gasteiger partial charge in [-0.1, -0.05) is 32.6 Å². The molecule has 0 aromatic carbocycles. The highest BCUT2D eigenvalue weighted by Crippen LogP contribution is 2.36. The van der Waals surface area contributed by atoms with E-state index in [1.165, 1.54) is 64.5 Å². The number of hydrogen-bond donors (Lipinski definition) is 1. The van der Waals surface area contributed by atoms with Gasteiger partial charge in [0.25, 0.3) is 0 Å². The maximum absolute atomic E-state index is 3.62. The van der Waals surface area contributed by atoms with Gasteiger partial charge in [0.15, 0.2) is 0 Å². The lowest BCUT2D eigenvalue weighted by molar-refractivity contribution is 0.193. The van der Waals surface area contributed by atoms with E-state index in [4.69, 9.17) is 0 Å². The highest BCUT2D eigenvalue weighted by molar-refractivity contribution is 4.80. The van der Waals surface area contributed by atoms with Crippen molar-refractivity contribution in [3.8, 4) is 0 Å². The molecule has 0 aromatic heterocycles. The van der Waals surface area contributed by atoms with Crippen LogP contribution in [0.2, 0.25) is 0 Å². The van der Waals surface area contributed by atoms with Crippen LogP contribution in [-0.4, -0.2) is 13.1 Å². The van der Waals surface area contributed by atoms with Crippen LogP contribution in [0.25, 0.3) is 0 Å². The first-order valence-corrected chi connectivity index (χ1v) is 7.11. The fourth-order valence-electron chi connectivity index (χ4n) is 3.52. The van der Waals surface area contributed by atoms with Crippen LogP contribution >= 0.6 is 0 Å². The molecule has 1 atom stereocenters. The van der Waals surface area contributed by atoms with E-state index < -0.39 is 0 Å². The zero-order chi connectivity index (χ0) is 10.5. The van der Waals surface area contributed by atoms with Crippen LogP contribution in [0.5, 0.6) is 0 Å². The zero-order valence-electron chi connectivity index (χ0n) is 10.3. The summed E-state index contributed by atoms with van der Waals surface area (Å²) in [7, 11) is 0. The Morgan fingerprint density at radius 2 is 1.73 bits per heavy atom. The van der Waals surface area contributed by atoms with Crippen molar-refractivity contribution >= 4 is 0 Å². The van der Waals surface area contributed by atoms with Gasteiger partial charge in [0.2, 0.25) is 0 Å². The Labute approximate surface area is 95.0 Å². The first-order valence-electron chi connectivity index (χ1n) is 7.11. The number of rotatable bonds is 2. The predicted octanol–water partition coefficient (Wildman–Crippen LogP) is 3.59. The SMILES string of the molecule is CCC1CCC(C2CCCCNC2)CC1. The fraction of sp³-hybridized carbons (Fsp3) is 1.00.